The van der Waals surface area contributed by atoms with Crippen LogP contribution in [-0.4, -0.2) is 13.7 Å². The standard InChI is InChI=1S/C12H24.C3H8O/c1-3-4-8-11(2)12-9-6-5-7-10-12;1-3-4-2/h11-12H,3-10H2,1-2H3;3H2,1-2H3. The van der Waals surface area contributed by atoms with Crippen LogP contribution < -0.4 is 0 Å². The molecule has 0 aromatic heterocycles. The lowest BCUT2D eigenvalue weighted by Gasteiger charge is -2.27. The van der Waals surface area contributed by atoms with Gasteiger partial charge in [-0.25, -0.2) is 0 Å². The summed E-state index contributed by atoms with van der Waals surface area (Å²) in [5.74, 6) is 2.08. The molecule has 1 aliphatic rings. The van der Waals surface area contributed by atoms with Gasteiger partial charge in [0.25, 0.3) is 0 Å². The van der Waals surface area contributed by atoms with Gasteiger partial charge in [-0.2, -0.15) is 0 Å². The molecule has 1 heteroatoms. The van der Waals surface area contributed by atoms with Gasteiger partial charge in [-0.05, 0) is 18.8 Å². The maximum atomic E-state index is 4.54. The summed E-state index contributed by atoms with van der Waals surface area (Å²) in [7, 11) is 1.68. The molecular weight excluding hydrogens is 196 g/mol. The van der Waals surface area contributed by atoms with Crippen molar-refractivity contribution in [3.8, 4) is 0 Å². The predicted octanol–water partition coefficient (Wildman–Crippen LogP) is 5.05. The van der Waals surface area contributed by atoms with Crippen LogP contribution in [0.4, 0.5) is 0 Å². The average Bonchev–Trinajstić information content (AvgIpc) is 2.37. The van der Waals surface area contributed by atoms with Crippen LogP contribution >= 0.6 is 0 Å². The van der Waals surface area contributed by atoms with Gasteiger partial charge in [0.2, 0.25) is 0 Å². The second-order valence-corrected chi connectivity index (χ2v) is 5.09. The third kappa shape index (κ3) is 8.15. The minimum atomic E-state index is 0.819. The molecule has 1 atom stereocenters. The summed E-state index contributed by atoms with van der Waals surface area (Å²) in [6.07, 6.45) is 11.8. The van der Waals surface area contributed by atoms with E-state index in [-0.39, 0.29) is 0 Å². The molecule has 98 valence electrons. The van der Waals surface area contributed by atoms with E-state index >= 15 is 0 Å². The number of rotatable bonds is 5. The zero-order valence-corrected chi connectivity index (χ0v) is 11.9. The van der Waals surface area contributed by atoms with Crippen LogP contribution in [0.1, 0.15) is 72.1 Å². The van der Waals surface area contributed by atoms with E-state index in [4.69, 9.17) is 0 Å². The highest BCUT2D eigenvalue weighted by atomic mass is 16.5. The third-order valence-corrected chi connectivity index (χ3v) is 3.76. The first kappa shape index (κ1) is 16.0. The van der Waals surface area contributed by atoms with Crippen molar-refractivity contribution in [1.29, 1.82) is 0 Å². The van der Waals surface area contributed by atoms with Crippen LogP contribution in [0, 0.1) is 11.8 Å². The Labute approximate surface area is 103 Å². The molecule has 0 aromatic rings. The van der Waals surface area contributed by atoms with E-state index in [1.54, 1.807) is 7.11 Å². The molecule has 1 aliphatic carbocycles. The van der Waals surface area contributed by atoms with Gasteiger partial charge in [-0.3, -0.25) is 0 Å². The van der Waals surface area contributed by atoms with Gasteiger partial charge in [0.1, 0.15) is 0 Å². The van der Waals surface area contributed by atoms with Gasteiger partial charge >= 0.3 is 0 Å². The SMILES string of the molecule is CCCCC(C)C1CCCCC1.CCOC. The van der Waals surface area contributed by atoms with Gasteiger partial charge in [0.05, 0.1) is 0 Å². The number of hydrogen-bond acceptors (Lipinski definition) is 1. The molecule has 0 heterocycles. The van der Waals surface area contributed by atoms with Gasteiger partial charge in [-0.1, -0.05) is 65.2 Å². The van der Waals surface area contributed by atoms with Crippen LogP contribution in [0.2, 0.25) is 0 Å². The van der Waals surface area contributed by atoms with Gasteiger partial charge in [-0.15, -0.1) is 0 Å². The Morgan fingerprint density at radius 2 is 1.69 bits per heavy atom. The summed E-state index contributed by atoms with van der Waals surface area (Å²) in [6.45, 7) is 7.54. The minimum Gasteiger partial charge on any atom is -0.385 e. The third-order valence-electron chi connectivity index (χ3n) is 3.76. The molecule has 0 aliphatic heterocycles. The van der Waals surface area contributed by atoms with Crippen molar-refractivity contribution in [2.45, 2.75) is 72.1 Å². The first-order chi connectivity index (χ1) is 7.76. The second-order valence-electron chi connectivity index (χ2n) is 5.09. The largest absolute Gasteiger partial charge is 0.385 e. The lowest BCUT2D eigenvalue weighted by Crippen LogP contribution is -2.15. The highest BCUT2D eigenvalue weighted by Crippen LogP contribution is 2.32. The summed E-state index contributed by atoms with van der Waals surface area (Å²) in [5, 5.41) is 0. The molecule has 0 bridgehead atoms. The summed E-state index contributed by atoms with van der Waals surface area (Å²) >= 11 is 0. The van der Waals surface area contributed by atoms with E-state index < -0.39 is 0 Å². The maximum absolute atomic E-state index is 4.54. The van der Waals surface area contributed by atoms with Gasteiger partial charge < -0.3 is 4.74 Å². The molecule has 1 fully saturated rings. The number of hydrogen-bond donors (Lipinski definition) is 0. The van der Waals surface area contributed by atoms with Gasteiger partial charge in [0, 0.05) is 13.7 Å². The highest BCUT2D eigenvalue weighted by Gasteiger charge is 2.18. The van der Waals surface area contributed by atoms with Crippen LogP contribution in [0.5, 0.6) is 0 Å². The van der Waals surface area contributed by atoms with Crippen molar-refractivity contribution in [3.05, 3.63) is 0 Å². The Morgan fingerprint density at radius 1 is 1.12 bits per heavy atom. The van der Waals surface area contributed by atoms with Crippen molar-refractivity contribution in [2.24, 2.45) is 11.8 Å². The zero-order valence-electron chi connectivity index (χ0n) is 11.9. The second kappa shape index (κ2) is 11.4. The van der Waals surface area contributed by atoms with Crippen molar-refractivity contribution in [3.63, 3.8) is 0 Å². The van der Waals surface area contributed by atoms with E-state index in [0.717, 1.165) is 18.4 Å². The fourth-order valence-corrected chi connectivity index (χ4v) is 2.47. The van der Waals surface area contributed by atoms with E-state index in [0.29, 0.717) is 0 Å². The predicted molar refractivity (Wildman–Crippen MR) is 72.8 cm³/mol. The molecule has 0 N–H and O–H groups in total. The molecule has 1 unspecified atom stereocenters. The minimum absolute atomic E-state index is 0.819. The van der Waals surface area contributed by atoms with Crippen molar-refractivity contribution >= 4 is 0 Å². The molecule has 0 amide bonds. The van der Waals surface area contributed by atoms with Crippen molar-refractivity contribution in [2.75, 3.05) is 13.7 Å². The Hall–Kier alpha value is -0.0400. The molecule has 1 nitrogen and oxygen atoms in total. The molecule has 16 heavy (non-hydrogen) atoms. The molecule has 0 radical (unpaired) electrons. The van der Waals surface area contributed by atoms with E-state index in [1.807, 2.05) is 6.92 Å². The maximum Gasteiger partial charge on any atom is 0.0433 e. The van der Waals surface area contributed by atoms with E-state index in [9.17, 15) is 0 Å². The molecule has 1 saturated carbocycles. The number of ether oxygens (including phenoxy) is 1. The summed E-state index contributed by atoms with van der Waals surface area (Å²) < 4.78 is 4.54. The molecule has 0 saturated heterocycles. The van der Waals surface area contributed by atoms with Crippen LogP contribution in [0.25, 0.3) is 0 Å². The van der Waals surface area contributed by atoms with E-state index in [1.165, 1.54) is 51.4 Å². The summed E-state index contributed by atoms with van der Waals surface area (Å²) in [6, 6.07) is 0. The van der Waals surface area contributed by atoms with Crippen molar-refractivity contribution in [1.82, 2.24) is 0 Å². The fourth-order valence-electron chi connectivity index (χ4n) is 2.47. The zero-order chi connectivity index (χ0) is 12.2. The smallest absolute Gasteiger partial charge is 0.0433 e. The lowest BCUT2D eigenvalue weighted by atomic mass is 9.79. The Kier molecular flexibility index (Phi) is 11.4. The Balaban J connectivity index is 0.000000487. The average molecular weight is 228 g/mol. The van der Waals surface area contributed by atoms with Crippen LogP contribution in [0.3, 0.4) is 0 Å². The van der Waals surface area contributed by atoms with E-state index in [2.05, 4.69) is 18.6 Å². The molecule has 0 aromatic carbocycles. The molecular formula is C15H32O. The van der Waals surface area contributed by atoms with Crippen LogP contribution in [0.15, 0.2) is 0 Å². The molecule has 0 spiro atoms. The topological polar surface area (TPSA) is 9.23 Å². The highest BCUT2D eigenvalue weighted by molar-refractivity contribution is 4.70. The van der Waals surface area contributed by atoms with Crippen LogP contribution in [-0.2, 0) is 4.74 Å². The number of methoxy groups -OCH3 is 1. The quantitative estimate of drug-likeness (QED) is 0.640. The number of unbranched alkanes of at least 4 members (excludes halogenated alkanes) is 1. The Morgan fingerprint density at radius 3 is 2.12 bits per heavy atom. The first-order valence-electron chi connectivity index (χ1n) is 7.25. The Bertz CT molecular complexity index is 125. The monoisotopic (exact) mass is 228 g/mol. The lowest BCUT2D eigenvalue weighted by molar-refractivity contribution is 0.215. The summed E-state index contributed by atoms with van der Waals surface area (Å²) in [4.78, 5) is 0. The molecule has 1 rings (SSSR count). The summed E-state index contributed by atoms with van der Waals surface area (Å²) in [5.41, 5.74) is 0. The van der Waals surface area contributed by atoms with Gasteiger partial charge in [0.15, 0.2) is 0 Å². The normalized spacial score (nSPS) is 18.8. The van der Waals surface area contributed by atoms with Crippen molar-refractivity contribution < 1.29 is 4.74 Å². The first-order valence-corrected chi connectivity index (χ1v) is 7.25. The fraction of sp³-hybridized carbons (Fsp3) is 1.00.